The first-order valence-electron chi connectivity index (χ1n) is 4.27. The van der Waals surface area contributed by atoms with E-state index in [2.05, 4.69) is 0 Å². The molecule has 0 saturated carbocycles. The number of hydrogen-bond donors (Lipinski definition) is 0. The minimum absolute atomic E-state index is 0.133. The van der Waals surface area contributed by atoms with Gasteiger partial charge in [-0.2, -0.15) is 4.31 Å². The van der Waals surface area contributed by atoms with Crippen molar-refractivity contribution in [3.8, 4) is 0 Å². The summed E-state index contributed by atoms with van der Waals surface area (Å²) in [5, 5.41) is 0. The molecule has 0 bridgehead atoms. The molecule has 0 aromatic rings. The minimum Gasteiger partial charge on any atom is -0.343 e. The predicted molar refractivity (Wildman–Crippen MR) is 48.7 cm³/mol. The van der Waals surface area contributed by atoms with Gasteiger partial charge in [0.15, 0.2) is 0 Å². The molecule has 0 radical (unpaired) electrons. The van der Waals surface area contributed by atoms with Crippen molar-refractivity contribution in [2.75, 3.05) is 31.9 Å². The van der Waals surface area contributed by atoms with Gasteiger partial charge < -0.3 is 4.90 Å². The fraction of sp³-hybridized carbons (Fsp3) is 0.857. The van der Waals surface area contributed by atoms with Crippen LogP contribution in [0.5, 0.6) is 0 Å². The highest BCUT2D eigenvalue weighted by molar-refractivity contribution is 7.89. The Labute approximate surface area is 78.4 Å². The molecule has 0 unspecified atom stereocenters. The van der Waals surface area contributed by atoms with Crippen LogP contribution in [0.25, 0.3) is 0 Å². The van der Waals surface area contributed by atoms with Gasteiger partial charge in [0.25, 0.3) is 0 Å². The molecular weight excluding hydrogens is 192 g/mol. The van der Waals surface area contributed by atoms with Crippen LogP contribution >= 0.6 is 0 Å². The Bertz CT molecular complexity index is 267. The van der Waals surface area contributed by atoms with Crippen LogP contribution in [0, 0.1) is 0 Å². The maximum absolute atomic E-state index is 11.4. The zero-order valence-electron chi connectivity index (χ0n) is 7.64. The van der Waals surface area contributed by atoms with Gasteiger partial charge in [-0.05, 0) is 6.92 Å². The highest BCUT2D eigenvalue weighted by atomic mass is 32.2. The number of sulfonamides is 1. The van der Waals surface area contributed by atoms with Crippen molar-refractivity contribution in [2.45, 2.75) is 6.92 Å². The van der Waals surface area contributed by atoms with Crippen LogP contribution in [0.4, 0.5) is 0 Å². The van der Waals surface area contributed by atoms with Crippen LogP contribution in [0.3, 0.4) is 0 Å². The third-order valence-electron chi connectivity index (χ3n) is 2.18. The second-order valence-corrected chi connectivity index (χ2v) is 5.20. The van der Waals surface area contributed by atoms with Crippen LogP contribution < -0.4 is 0 Å². The van der Waals surface area contributed by atoms with Gasteiger partial charge in [-0.15, -0.1) is 0 Å². The summed E-state index contributed by atoms with van der Waals surface area (Å²) in [7, 11) is -3.06. The average molecular weight is 206 g/mol. The second-order valence-electron chi connectivity index (χ2n) is 2.94. The zero-order chi connectivity index (χ0) is 9.90. The van der Waals surface area contributed by atoms with Gasteiger partial charge in [0, 0.05) is 26.2 Å². The molecule has 1 saturated heterocycles. The predicted octanol–water partition coefficient (Wildman–Crippen LogP) is -0.890. The molecule has 1 amide bonds. The van der Waals surface area contributed by atoms with E-state index in [4.69, 9.17) is 0 Å². The van der Waals surface area contributed by atoms with Gasteiger partial charge in [0.2, 0.25) is 16.4 Å². The van der Waals surface area contributed by atoms with Crippen LogP contribution in [-0.4, -0.2) is 56.0 Å². The summed E-state index contributed by atoms with van der Waals surface area (Å²) in [6.07, 6.45) is 0.760. The van der Waals surface area contributed by atoms with Gasteiger partial charge in [-0.3, -0.25) is 4.79 Å². The topological polar surface area (TPSA) is 57.7 Å². The number of rotatable bonds is 3. The van der Waals surface area contributed by atoms with Crippen molar-refractivity contribution in [1.82, 2.24) is 9.21 Å². The van der Waals surface area contributed by atoms with E-state index in [1.54, 1.807) is 11.8 Å². The van der Waals surface area contributed by atoms with Crippen LogP contribution in [0.15, 0.2) is 0 Å². The SMILES string of the molecule is CCS(=O)(=O)N1CCN(C=O)CC1. The fourth-order valence-electron chi connectivity index (χ4n) is 1.27. The highest BCUT2D eigenvalue weighted by Gasteiger charge is 2.24. The summed E-state index contributed by atoms with van der Waals surface area (Å²) in [6, 6.07) is 0. The molecule has 1 fully saturated rings. The minimum atomic E-state index is -3.06. The molecule has 1 aliphatic rings. The zero-order valence-corrected chi connectivity index (χ0v) is 8.46. The molecule has 76 valence electrons. The summed E-state index contributed by atoms with van der Waals surface area (Å²) >= 11 is 0. The van der Waals surface area contributed by atoms with Crippen LogP contribution in [-0.2, 0) is 14.8 Å². The van der Waals surface area contributed by atoms with E-state index in [-0.39, 0.29) is 5.75 Å². The molecular formula is C7H14N2O3S. The van der Waals surface area contributed by atoms with E-state index in [0.717, 1.165) is 6.41 Å². The first-order chi connectivity index (χ1) is 6.10. The van der Waals surface area contributed by atoms with E-state index in [1.807, 2.05) is 0 Å². The third-order valence-corrected chi connectivity index (χ3v) is 4.06. The van der Waals surface area contributed by atoms with Gasteiger partial charge in [-0.25, -0.2) is 8.42 Å². The summed E-state index contributed by atoms with van der Waals surface area (Å²) in [5.74, 6) is 0.133. The van der Waals surface area contributed by atoms with E-state index in [9.17, 15) is 13.2 Å². The van der Waals surface area contributed by atoms with E-state index in [0.29, 0.717) is 26.2 Å². The molecule has 1 rings (SSSR count). The van der Waals surface area contributed by atoms with Crippen molar-refractivity contribution in [3.63, 3.8) is 0 Å². The molecule has 1 heterocycles. The van der Waals surface area contributed by atoms with E-state index >= 15 is 0 Å². The largest absolute Gasteiger partial charge is 0.343 e. The molecule has 1 aliphatic heterocycles. The Hall–Kier alpha value is -0.620. The van der Waals surface area contributed by atoms with Crippen molar-refractivity contribution in [2.24, 2.45) is 0 Å². The van der Waals surface area contributed by atoms with Crippen molar-refractivity contribution in [1.29, 1.82) is 0 Å². The Morgan fingerprint density at radius 2 is 1.77 bits per heavy atom. The van der Waals surface area contributed by atoms with Gasteiger partial charge in [0.05, 0.1) is 5.75 Å². The summed E-state index contributed by atoms with van der Waals surface area (Å²) in [5.41, 5.74) is 0. The van der Waals surface area contributed by atoms with Crippen molar-refractivity contribution >= 4 is 16.4 Å². The molecule has 5 nitrogen and oxygen atoms in total. The molecule has 0 N–H and O–H groups in total. The average Bonchev–Trinajstić information content (AvgIpc) is 2.18. The molecule has 6 heteroatoms. The number of nitrogens with zero attached hydrogens (tertiary/aromatic N) is 2. The summed E-state index contributed by atoms with van der Waals surface area (Å²) in [6.45, 7) is 3.48. The smallest absolute Gasteiger partial charge is 0.213 e. The fourth-order valence-corrected chi connectivity index (χ4v) is 2.35. The van der Waals surface area contributed by atoms with Crippen LogP contribution in [0.2, 0.25) is 0 Å². The standard InChI is InChI=1S/C7H14N2O3S/c1-2-13(11,12)9-5-3-8(7-10)4-6-9/h7H,2-6H2,1H3. The van der Waals surface area contributed by atoms with Crippen molar-refractivity contribution < 1.29 is 13.2 Å². The molecule has 0 atom stereocenters. The Morgan fingerprint density at radius 1 is 1.23 bits per heavy atom. The second kappa shape index (κ2) is 4.06. The first kappa shape index (κ1) is 10.5. The quantitative estimate of drug-likeness (QED) is 0.563. The van der Waals surface area contributed by atoms with E-state index < -0.39 is 10.0 Å². The summed E-state index contributed by atoms with van der Waals surface area (Å²) in [4.78, 5) is 11.9. The lowest BCUT2D eigenvalue weighted by Gasteiger charge is -2.31. The number of hydrogen-bond acceptors (Lipinski definition) is 3. The van der Waals surface area contributed by atoms with Gasteiger partial charge in [-0.1, -0.05) is 0 Å². The number of piperazine rings is 1. The van der Waals surface area contributed by atoms with Crippen LogP contribution in [0.1, 0.15) is 6.92 Å². The van der Waals surface area contributed by atoms with Gasteiger partial charge in [0.1, 0.15) is 0 Å². The third kappa shape index (κ3) is 2.41. The number of amides is 1. The molecule has 0 aromatic carbocycles. The summed E-state index contributed by atoms with van der Waals surface area (Å²) < 4.78 is 24.2. The molecule has 0 aromatic heterocycles. The maximum Gasteiger partial charge on any atom is 0.213 e. The maximum atomic E-state index is 11.4. The Balaban J connectivity index is 2.55. The Morgan fingerprint density at radius 3 is 2.15 bits per heavy atom. The van der Waals surface area contributed by atoms with Crippen molar-refractivity contribution in [3.05, 3.63) is 0 Å². The van der Waals surface area contributed by atoms with Gasteiger partial charge >= 0.3 is 0 Å². The lowest BCUT2D eigenvalue weighted by Crippen LogP contribution is -2.48. The number of carbonyl (C=O) groups excluding carboxylic acids is 1. The Kier molecular flexibility index (Phi) is 3.27. The molecule has 0 spiro atoms. The number of carbonyl (C=O) groups is 1. The molecule has 13 heavy (non-hydrogen) atoms. The lowest BCUT2D eigenvalue weighted by atomic mass is 10.4. The van der Waals surface area contributed by atoms with E-state index in [1.165, 1.54) is 4.31 Å². The first-order valence-corrected chi connectivity index (χ1v) is 5.88. The highest BCUT2D eigenvalue weighted by Crippen LogP contribution is 2.06. The normalized spacial score (nSPS) is 20.2. The monoisotopic (exact) mass is 206 g/mol. The molecule has 0 aliphatic carbocycles. The lowest BCUT2D eigenvalue weighted by molar-refractivity contribution is -0.119.